The number of aliphatic hydroxyl groups is 1. The van der Waals surface area contributed by atoms with E-state index in [9.17, 15) is 18.3 Å². The van der Waals surface area contributed by atoms with Crippen LogP contribution in [0, 0.1) is 53.3 Å². The van der Waals surface area contributed by atoms with E-state index in [-0.39, 0.29) is 30.1 Å². The molecule has 0 amide bonds. The molecule has 1 nitrogen and oxygen atoms in total. The molecule has 1 N–H and O–H groups in total. The molecule has 0 radical (unpaired) electrons. The summed E-state index contributed by atoms with van der Waals surface area (Å²) in [4.78, 5) is 0. The fraction of sp³-hybridized carbons (Fsp3) is 0.612. The van der Waals surface area contributed by atoms with E-state index in [0.717, 1.165) is 83.5 Å². The normalized spacial score (nSPS) is 30.2. The van der Waals surface area contributed by atoms with Gasteiger partial charge in [0.2, 0.25) is 0 Å². The van der Waals surface area contributed by atoms with Crippen molar-refractivity contribution >= 4 is 0 Å². The van der Waals surface area contributed by atoms with Crippen LogP contribution in [-0.4, -0.2) is 17.4 Å². The zero-order valence-corrected chi connectivity index (χ0v) is 33.4. The van der Waals surface area contributed by atoms with Gasteiger partial charge in [-0.2, -0.15) is 13.2 Å². The molecule has 9 atom stereocenters. The summed E-state index contributed by atoms with van der Waals surface area (Å²) in [5, 5.41) is 11.6. The van der Waals surface area contributed by atoms with Crippen LogP contribution in [0.4, 0.5) is 13.2 Å². The fourth-order valence-corrected chi connectivity index (χ4v) is 9.78. The van der Waals surface area contributed by atoms with Crippen molar-refractivity contribution in [2.45, 2.75) is 136 Å². The molecule has 53 heavy (non-hydrogen) atoms. The second kappa shape index (κ2) is 20.8. The van der Waals surface area contributed by atoms with Gasteiger partial charge in [-0.15, -0.1) is 25.5 Å². The summed E-state index contributed by atoms with van der Waals surface area (Å²) in [5.74, 6) is 2.79. The van der Waals surface area contributed by atoms with Crippen molar-refractivity contribution in [1.29, 1.82) is 0 Å². The third kappa shape index (κ3) is 12.1. The van der Waals surface area contributed by atoms with Crippen LogP contribution in [0.1, 0.15) is 124 Å². The first-order valence-corrected chi connectivity index (χ1v) is 20.9. The van der Waals surface area contributed by atoms with Gasteiger partial charge in [-0.1, -0.05) is 88.0 Å². The highest BCUT2D eigenvalue weighted by atomic mass is 19.4. The molecule has 2 fully saturated rings. The second-order valence-electron chi connectivity index (χ2n) is 16.9. The summed E-state index contributed by atoms with van der Waals surface area (Å²) in [5.41, 5.74) is 7.70. The smallest absolute Gasteiger partial charge is 0.389 e. The van der Waals surface area contributed by atoms with Gasteiger partial charge < -0.3 is 5.11 Å². The predicted molar refractivity (Wildman–Crippen MR) is 219 cm³/mol. The molecule has 292 valence electrons. The van der Waals surface area contributed by atoms with Crippen molar-refractivity contribution in [3.63, 3.8) is 0 Å². The molecule has 4 heteroatoms. The number of hydrogen-bond acceptors (Lipinski definition) is 1. The minimum atomic E-state index is -4.37. The van der Waals surface area contributed by atoms with Gasteiger partial charge in [0.15, 0.2) is 0 Å². The van der Waals surface area contributed by atoms with Gasteiger partial charge in [-0.25, -0.2) is 0 Å². The van der Waals surface area contributed by atoms with E-state index in [1.165, 1.54) is 16.7 Å². The third-order valence-corrected chi connectivity index (χ3v) is 13.3. The lowest BCUT2D eigenvalue weighted by Gasteiger charge is -2.44. The first-order chi connectivity index (χ1) is 25.4. The minimum absolute atomic E-state index is 0.0112. The number of rotatable bonds is 15. The Kier molecular flexibility index (Phi) is 16.8. The fourth-order valence-electron chi connectivity index (χ4n) is 9.78. The highest BCUT2D eigenvalue weighted by Crippen LogP contribution is 2.48. The number of hydrogen-bond donors (Lipinski definition) is 1. The highest BCUT2D eigenvalue weighted by Gasteiger charge is 2.41. The Bertz CT molecular complexity index is 1450. The summed E-state index contributed by atoms with van der Waals surface area (Å²) in [6.45, 7) is 21.3. The molecule has 0 saturated heterocycles. The maximum atomic E-state index is 14.3. The van der Waals surface area contributed by atoms with Gasteiger partial charge in [0.05, 0.1) is 6.10 Å². The van der Waals surface area contributed by atoms with Crippen LogP contribution >= 0.6 is 0 Å². The van der Waals surface area contributed by atoms with Crippen LogP contribution in [0.3, 0.4) is 0 Å². The van der Waals surface area contributed by atoms with Gasteiger partial charge >= 0.3 is 6.18 Å². The molecule has 0 aliphatic heterocycles. The quantitative estimate of drug-likeness (QED) is 0.131. The third-order valence-electron chi connectivity index (χ3n) is 13.3. The van der Waals surface area contributed by atoms with Crippen LogP contribution in [0.25, 0.3) is 0 Å². The average Bonchev–Trinajstić information content (AvgIpc) is 3.36. The van der Waals surface area contributed by atoms with Gasteiger partial charge in [0, 0.05) is 5.57 Å². The number of aliphatic hydroxyl groups excluding tert-OH is 1. The molecule has 0 bridgehead atoms. The SMILES string of the molecule is C=CCCC(CC=C)C1CC=C(C(C)C2CC(C(O)C=CC3C=CC(CC=C4CCC(C)CC4)=C(C(F)(F)F)C3)CC(C=C)C2C)C(=C=CCC)CC1. The summed E-state index contributed by atoms with van der Waals surface area (Å²) in [6, 6.07) is 0. The summed E-state index contributed by atoms with van der Waals surface area (Å²) >= 11 is 0. The van der Waals surface area contributed by atoms with Gasteiger partial charge in [-0.3, -0.25) is 0 Å². The topological polar surface area (TPSA) is 20.2 Å². The number of halogens is 3. The molecule has 0 aromatic carbocycles. The predicted octanol–water partition coefficient (Wildman–Crippen LogP) is 14.3. The molecule has 9 unspecified atom stereocenters. The van der Waals surface area contributed by atoms with Crippen molar-refractivity contribution in [3.8, 4) is 0 Å². The Labute approximate surface area is 321 Å². The lowest BCUT2D eigenvalue weighted by Crippen LogP contribution is -2.38. The van der Waals surface area contributed by atoms with Crippen molar-refractivity contribution in [3.05, 3.63) is 114 Å². The molecule has 4 rings (SSSR count). The van der Waals surface area contributed by atoms with Crippen LogP contribution in [0.2, 0.25) is 0 Å². The molecule has 0 spiro atoms. The lowest BCUT2D eigenvalue weighted by atomic mass is 9.62. The van der Waals surface area contributed by atoms with E-state index >= 15 is 0 Å². The van der Waals surface area contributed by atoms with E-state index in [1.54, 1.807) is 12.2 Å². The number of alkyl halides is 3. The molecule has 0 aromatic rings. The Morgan fingerprint density at radius 3 is 2.43 bits per heavy atom. The standard InChI is InChI=1S/C49H69F3O/c1-8-12-15-40(14-10-3)41-26-27-42(16-13-9-2)45(29-28-41)36(7)46-33-44(32-39(11-4)35(46)6)48(53)30-23-38-22-25-43(47(31-38)49(50,51)52)24-21-37-19-17-34(5)18-20-37/h8,10-11,13,21-23,25,29-30,34-36,38-41,44,46,48,53H,1,3-4,9,12,14-15,17-20,24,26-28,31-33H2,2,5-7H3. The molecule has 2 saturated carbocycles. The first kappa shape index (κ1) is 42.9. The minimum Gasteiger partial charge on any atom is -0.389 e. The average molecular weight is 731 g/mol. The zero-order chi connectivity index (χ0) is 38.5. The van der Waals surface area contributed by atoms with Crippen LogP contribution in [0.5, 0.6) is 0 Å². The Morgan fingerprint density at radius 2 is 1.77 bits per heavy atom. The summed E-state index contributed by atoms with van der Waals surface area (Å²) in [6.07, 6.45) is 28.5. The van der Waals surface area contributed by atoms with Crippen molar-refractivity contribution < 1.29 is 18.3 Å². The lowest BCUT2D eigenvalue weighted by molar-refractivity contribution is -0.0955. The van der Waals surface area contributed by atoms with Crippen LogP contribution < -0.4 is 0 Å². The van der Waals surface area contributed by atoms with Gasteiger partial charge in [0.25, 0.3) is 0 Å². The first-order valence-electron chi connectivity index (χ1n) is 20.9. The monoisotopic (exact) mass is 731 g/mol. The molecule has 4 aliphatic carbocycles. The zero-order valence-electron chi connectivity index (χ0n) is 33.4. The van der Waals surface area contributed by atoms with Crippen molar-refractivity contribution in [2.75, 3.05) is 0 Å². The summed E-state index contributed by atoms with van der Waals surface area (Å²) in [7, 11) is 0. The van der Waals surface area contributed by atoms with E-state index in [2.05, 4.69) is 77.5 Å². The molecular weight excluding hydrogens is 662 g/mol. The maximum absolute atomic E-state index is 14.3. The number of allylic oxidation sites excluding steroid dienone is 13. The van der Waals surface area contributed by atoms with E-state index in [1.807, 2.05) is 24.3 Å². The Hall–Kier alpha value is -2.81. The second-order valence-corrected chi connectivity index (χ2v) is 16.9. The van der Waals surface area contributed by atoms with E-state index < -0.39 is 17.9 Å². The Balaban J connectivity index is 1.50. The largest absolute Gasteiger partial charge is 0.412 e. The summed E-state index contributed by atoms with van der Waals surface area (Å²) < 4.78 is 42.9. The maximum Gasteiger partial charge on any atom is 0.412 e. The van der Waals surface area contributed by atoms with Crippen LogP contribution in [0.15, 0.2) is 114 Å². The molecule has 0 heterocycles. The molecule has 0 aromatic heterocycles. The molecular formula is C49H69F3O. The van der Waals surface area contributed by atoms with E-state index in [0.29, 0.717) is 41.6 Å². The van der Waals surface area contributed by atoms with Crippen molar-refractivity contribution in [1.82, 2.24) is 0 Å². The van der Waals surface area contributed by atoms with Gasteiger partial charge in [-0.05, 0) is 172 Å². The highest BCUT2D eigenvalue weighted by molar-refractivity contribution is 5.37. The van der Waals surface area contributed by atoms with Crippen molar-refractivity contribution in [2.24, 2.45) is 53.3 Å². The van der Waals surface area contributed by atoms with Gasteiger partial charge in [0.1, 0.15) is 0 Å². The molecule has 4 aliphatic rings. The Morgan fingerprint density at radius 1 is 1.02 bits per heavy atom. The van der Waals surface area contributed by atoms with E-state index in [4.69, 9.17) is 0 Å². The van der Waals surface area contributed by atoms with Crippen LogP contribution in [-0.2, 0) is 0 Å².